The van der Waals surface area contributed by atoms with Gasteiger partial charge in [-0.25, -0.2) is 9.97 Å². The van der Waals surface area contributed by atoms with E-state index in [1.165, 1.54) is 0 Å². The number of imidazole rings is 1. The second-order valence-electron chi connectivity index (χ2n) is 6.41. The van der Waals surface area contributed by atoms with Crippen molar-refractivity contribution in [2.75, 3.05) is 32.1 Å². The van der Waals surface area contributed by atoms with Crippen LogP contribution in [0.2, 0.25) is 0 Å². The van der Waals surface area contributed by atoms with Crippen molar-refractivity contribution in [1.82, 2.24) is 19.3 Å². The topological polar surface area (TPSA) is 71.8 Å². The van der Waals surface area contributed by atoms with E-state index in [1.54, 1.807) is 11.1 Å². The monoisotopic (exact) mass is 351 g/mol. The summed E-state index contributed by atoms with van der Waals surface area (Å²) in [6.45, 7) is 3.51. The van der Waals surface area contributed by atoms with Crippen molar-refractivity contribution in [2.45, 2.75) is 13.0 Å². The fraction of sp³-hybridized carbons (Fsp3) is 0.316. The number of amides is 1. The average molecular weight is 351 g/mol. The molecule has 0 spiro atoms. The molecular weight excluding hydrogens is 330 g/mol. The zero-order chi connectivity index (χ0) is 18.1. The van der Waals surface area contributed by atoms with Crippen LogP contribution < -0.4 is 5.32 Å². The first-order chi connectivity index (χ1) is 12.6. The number of carbonyl (C=O) groups is 1. The summed E-state index contributed by atoms with van der Waals surface area (Å²) in [6, 6.07) is 9.66. The number of hydrogen-bond acceptors (Lipinski definition) is 5. The van der Waals surface area contributed by atoms with Gasteiger partial charge >= 0.3 is 0 Å². The second-order valence-corrected chi connectivity index (χ2v) is 6.41. The second kappa shape index (κ2) is 6.76. The number of fused-ring (bicyclic) bond motifs is 1. The molecule has 0 saturated carbocycles. The maximum absolute atomic E-state index is 12.9. The predicted octanol–water partition coefficient (Wildman–Crippen LogP) is 2.29. The highest BCUT2D eigenvalue weighted by Gasteiger charge is 2.28. The quantitative estimate of drug-likeness (QED) is 0.784. The first-order valence-electron chi connectivity index (χ1n) is 8.65. The fourth-order valence-electron chi connectivity index (χ4n) is 3.15. The molecule has 1 saturated heterocycles. The summed E-state index contributed by atoms with van der Waals surface area (Å²) in [4.78, 5) is 23.7. The molecule has 3 aromatic rings. The summed E-state index contributed by atoms with van der Waals surface area (Å²) < 4.78 is 7.73. The molecule has 1 aliphatic rings. The number of nitrogens with one attached hydrogen (secondary N) is 1. The molecule has 3 aromatic heterocycles. The molecule has 1 aliphatic heterocycles. The van der Waals surface area contributed by atoms with E-state index >= 15 is 0 Å². The maximum Gasteiger partial charge on any atom is 0.274 e. The molecule has 4 heterocycles. The zero-order valence-electron chi connectivity index (χ0n) is 14.8. The lowest BCUT2D eigenvalue weighted by Crippen LogP contribution is -2.42. The molecule has 4 rings (SSSR count). The van der Waals surface area contributed by atoms with Gasteiger partial charge in [0.1, 0.15) is 23.3 Å². The van der Waals surface area contributed by atoms with Crippen LogP contribution in [0.3, 0.4) is 0 Å². The molecule has 1 atom stereocenters. The van der Waals surface area contributed by atoms with E-state index < -0.39 is 0 Å². The van der Waals surface area contributed by atoms with Crippen molar-refractivity contribution >= 4 is 17.4 Å². The molecule has 134 valence electrons. The Balaban J connectivity index is 1.55. The standard InChI is InChI=1S/C19H21N5O2/c1-13-6-7-18-22-15(11-24(18)10-13)19(25)23-8-9-26-16(12-23)14-4-3-5-17(20-2)21-14/h3-7,10-11,16H,8-9,12H2,1-2H3,(H,20,21). The fourth-order valence-corrected chi connectivity index (χ4v) is 3.15. The highest BCUT2D eigenvalue weighted by Crippen LogP contribution is 2.23. The van der Waals surface area contributed by atoms with Crippen LogP contribution in [0, 0.1) is 6.92 Å². The van der Waals surface area contributed by atoms with Gasteiger partial charge in [0.2, 0.25) is 0 Å². The SMILES string of the molecule is CNc1cccc(C2CN(C(=O)c3cn4cc(C)ccc4n3)CCO2)n1. The number of aromatic nitrogens is 3. The van der Waals surface area contributed by atoms with Crippen LogP contribution in [-0.2, 0) is 4.74 Å². The summed E-state index contributed by atoms with van der Waals surface area (Å²) in [5.41, 5.74) is 3.16. The van der Waals surface area contributed by atoms with E-state index in [1.807, 2.05) is 54.9 Å². The third kappa shape index (κ3) is 3.13. The highest BCUT2D eigenvalue weighted by molar-refractivity contribution is 5.93. The molecule has 0 aliphatic carbocycles. The van der Waals surface area contributed by atoms with Gasteiger partial charge in [0.25, 0.3) is 5.91 Å². The lowest BCUT2D eigenvalue weighted by molar-refractivity contribution is -0.0248. The summed E-state index contributed by atoms with van der Waals surface area (Å²) in [5.74, 6) is 0.703. The first-order valence-corrected chi connectivity index (χ1v) is 8.65. The van der Waals surface area contributed by atoms with Crippen molar-refractivity contribution in [3.8, 4) is 0 Å². The Labute approximate surface area is 151 Å². The number of anilines is 1. The molecule has 1 N–H and O–H groups in total. The minimum Gasteiger partial charge on any atom is -0.373 e. The summed E-state index contributed by atoms with van der Waals surface area (Å²) in [5, 5.41) is 3.03. The van der Waals surface area contributed by atoms with Crippen molar-refractivity contribution in [3.63, 3.8) is 0 Å². The van der Waals surface area contributed by atoms with E-state index in [4.69, 9.17) is 4.74 Å². The molecule has 1 fully saturated rings. The van der Waals surface area contributed by atoms with Gasteiger partial charge in [0, 0.05) is 26.0 Å². The van der Waals surface area contributed by atoms with Gasteiger partial charge in [-0.3, -0.25) is 4.79 Å². The Hall–Kier alpha value is -2.93. The number of hydrogen-bond donors (Lipinski definition) is 1. The van der Waals surface area contributed by atoms with E-state index in [2.05, 4.69) is 15.3 Å². The van der Waals surface area contributed by atoms with Crippen molar-refractivity contribution < 1.29 is 9.53 Å². The highest BCUT2D eigenvalue weighted by atomic mass is 16.5. The van der Waals surface area contributed by atoms with Crippen LogP contribution in [0.1, 0.15) is 27.8 Å². The van der Waals surface area contributed by atoms with Gasteiger partial charge < -0.3 is 19.4 Å². The normalized spacial score (nSPS) is 17.5. The van der Waals surface area contributed by atoms with Crippen LogP contribution in [0.15, 0.2) is 42.7 Å². The average Bonchev–Trinajstić information content (AvgIpc) is 3.10. The number of morpholine rings is 1. The van der Waals surface area contributed by atoms with Gasteiger partial charge in [-0.1, -0.05) is 12.1 Å². The van der Waals surface area contributed by atoms with Crippen LogP contribution >= 0.6 is 0 Å². The first kappa shape index (κ1) is 16.5. The summed E-state index contributed by atoms with van der Waals surface area (Å²) in [6.07, 6.45) is 3.52. The largest absolute Gasteiger partial charge is 0.373 e. The van der Waals surface area contributed by atoms with E-state index in [9.17, 15) is 4.79 Å². The molecule has 0 aromatic carbocycles. The maximum atomic E-state index is 12.9. The number of carbonyl (C=O) groups excluding carboxylic acids is 1. The summed E-state index contributed by atoms with van der Waals surface area (Å²) in [7, 11) is 1.83. The lowest BCUT2D eigenvalue weighted by Gasteiger charge is -2.32. The molecule has 1 unspecified atom stereocenters. The van der Waals surface area contributed by atoms with Crippen LogP contribution in [0.5, 0.6) is 0 Å². The van der Waals surface area contributed by atoms with Crippen molar-refractivity contribution in [3.05, 3.63) is 59.7 Å². The lowest BCUT2D eigenvalue weighted by atomic mass is 10.1. The minimum absolute atomic E-state index is 0.0792. The smallest absolute Gasteiger partial charge is 0.274 e. The molecule has 26 heavy (non-hydrogen) atoms. The van der Waals surface area contributed by atoms with Gasteiger partial charge in [-0.15, -0.1) is 0 Å². The number of ether oxygens (including phenoxy) is 1. The minimum atomic E-state index is -0.236. The molecular formula is C19H21N5O2. The Morgan fingerprint density at radius 2 is 2.12 bits per heavy atom. The predicted molar refractivity (Wildman–Crippen MR) is 98.3 cm³/mol. The molecule has 7 heteroatoms. The Kier molecular flexibility index (Phi) is 4.30. The van der Waals surface area contributed by atoms with E-state index in [0.717, 1.165) is 22.7 Å². The van der Waals surface area contributed by atoms with Gasteiger partial charge in [0.05, 0.1) is 18.8 Å². The van der Waals surface area contributed by atoms with E-state index in [0.29, 0.717) is 25.4 Å². The molecule has 0 radical (unpaired) electrons. The van der Waals surface area contributed by atoms with Crippen LogP contribution in [0.25, 0.3) is 5.65 Å². The van der Waals surface area contributed by atoms with Crippen LogP contribution in [0.4, 0.5) is 5.82 Å². The molecule has 7 nitrogen and oxygen atoms in total. The van der Waals surface area contributed by atoms with Gasteiger partial charge in [-0.2, -0.15) is 0 Å². The number of pyridine rings is 2. The number of nitrogens with zero attached hydrogens (tertiary/aromatic N) is 4. The number of aryl methyl sites for hydroxylation is 1. The third-order valence-electron chi connectivity index (χ3n) is 4.53. The van der Waals surface area contributed by atoms with Gasteiger partial charge in [-0.05, 0) is 30.7 Å². The number of rotatable bonds is 3. The Bertz CT molecular complexity index is 952. The van der Waals surface area contributed by atoms with Crippen molar-refractivity contribution in [1.29, 1.82) is 0 Å². The van der Waals surface area contributed by atoms with Crippen molar-refractivity contribution in [2.24, 2.45) is 0 Å². The molecule has 0 bridgehead atoms. The van der Waals surface area contributed by atoms with Gasteiger partial charge in [0.15, 0.2) is 0 Å². The van der Waals surface area contributed by atoms with Crippen LogP contribution in [-0.4, -0.2) is 51.9 Å². The third-order valence-corrected chi connectivity index (χ3v) is 4.53. The summed E-state index contributed by atoms with van der Waals surface area (Å²) >= 11 is 0. The van der Waals surface area contributed by atoms with E-state index in [-0.39, 0.29) is 12.0 Å². The Morgan fingerprint density at radius 3 is 2.96 bits per heavy atom. The Morgan fingerprint density at radius 1 is 1.23 bits per heavy atom. The molecule has 1 amide bonds. The zero-order valence-corrected chi connectivity index (χ0v) is 14.8.